The second kappa shape index (κ2) is 5.44. The van der Waals surface area contributed by atoms with Crippen LogP contribution in [0.4, 0.5) is 17.1 Å². The van der Waals surface area contributed by atoms with Gasteiger partial charge in [0.2, 0.25) is 0 Å². The molecule has 0 bridgehead atoms. The van der Waals surface area contributed by atoms with Gasteiger partial charge in [-0.1, -0.05) is 6.07 Å². The highest BCUT2D eigenvalue weighted by molar-refractivity contribution is 5.78. The Morgan fingerprint density at radius 2 is 1.76 bits per heavy atom. The van der Waals surface area contributed by atoms with Gasteiger partial charge >= 0.3 is 0 Å². The van der Waals surface area contributed by atoms with E-state index in [0.29, 0.717) is 30.4 Å². The van der Waals surface area contributed by atoms with Gasteiger partial charge in [-0.25, -0.2) is 0 Å². The molecule has 0 atom stereocenters. The topological polar surface area (TPSA) is 65.7 Å². The minimum atomic E-state index is 0.546. The lowest BCUT2D eigenvalue weighted by Crippen LogP contribution is -2.15. The summed E-state index contributed by atoms with van der Waals surface area (Å²) in [5.74, 6) is 2.14. The molecular weight excluding hydrogens is 268 g/mol. The Labute approximate surface area is 123 Å². The average Bonchev–Trinajstić information content (AvgIpc) is 2.48. The fourth-order valence-corrected chi connectivity index (χ4v) is 2.28. The summed E-state index contributed by atoms with van der Waals surface area (Å²) in [6, 6.07) is 9.56. The number of rotatable bonds is 3. The van der Waals surface area contributed by atoms with Crippen LogP contribution in [0.1, 0.15) is 5.56 Å². The number of methoxy groups -OCH3 is 1. The van der Waals surface area contributed by atoms with E-state index in [4.69, 9.17) is 19.9 Å². The number of anilines is 3. The van der Waals surface area contributed by atoms with Gasteiger partial charge in [-0.15, -0.1) is 0 Å². The number of hydrogen-bond acceptors (Lipinski definition) is 5. The van der Waals surface area contributed by atoms with Crippen LogP contribution in [0.25, 0.3) is 0 Å². The van der Waals surface area contributed by atoms with E-state index in [0.717, 1.165) is 22.7 Å². The lowest BCUT2D eigenvalue weighted by Gasteiger charge is -2.21. The number of nitrogen functional groups attached to an aromatic ring is 1. The zero-order chi connectivity index (χ0) is 14.8. The SMILES string of the molecule is COc1ccc(C)cc1Nc1cc2c(cc1N)OCCO2. The van der Waals surface area contributed by atoms with Crippen LogP contribution in [0.5, 0.6) is 17.2 Å². The first kappa shape index (κ1) is 13.4. The van der Waals surface area contributed by atoms with E-state index in [1.54, 1.807) is 13.2 Å². The lowest BCUT2D eigenvalue weighted by atomic mass is 10.1. The molecule has 110 valence electrons. The second-order valence-corrected chi connectivity index (χ2v) is 4.91. The monoisotopic (exact) mass is 286 g/mol. The first-order valence-corrected chi connectivity index (χ1v) is 6.78. The molecule has 21 heavy (non-hydrogen) atoms. The molecule has 1 aliphatic rings. The number of ether oxygens (including phenoxy) is 3. The van der Waals surface area contributed by atoms with E-state index in [-0.39, 0.29) is 0 Å². The molecule has 3 rings (SSSR count). The van der Waals surface area contributed by atoms with Crippen molar-refractivity contribution in [2.24, 2.45) is 0 Å². The summed E-state index contributed by atoms with van der Waals surface area (Å²) in [6.07, 6.45) is 0. The molecule has 1 heterocycles. The van der Waals surface area contributed by atoms with Crippen LogP contribution in [0.15, 0.2) is 30.3 Å². The number of nitrogens with one attached hydrogen (secondary N) is 1. The van der Waals surface area contributed by atoms with E-state index in [1.165, 1.54) is 0 Å². The molecule has 0 aromatic heterocycles. The summed E-state index contributed by atoms with van der Waals surface area (Å²) >= 11 is 0. The fourth-order valence-electron chi connectivity index (χ4n) is 2.28. The summed E-state index contributed by atoms with van der Waals surface area (Å²) in [4.78, 5) is 0. The van der Waals surface area contributed by atoms with Crippen molar-refractivity contribution >= 4 is 17.1 Å². The third-order valence-electron chi connectivity index (χ3n) is 3.34. The van der Waals surface area contributed by atoms with Crippen LogP contribution >= 0.6 is 0 Å². The van der Waals surface area contributed by atoms with Crippen LogP contribution < -0.4 is 25.3 Å². The summed E-state index contributed by atoms with van der Waals surface area (Å²) in [7, 11) is 1.64. The van der Waals surface area contributed by atoms with Crippen molar-refractivity contribution in [2.75, 3.05) is 31.4 Å². The summed E-state index contributed by atoms with van der Waals surface area (Å²) < 4.78 is 16.5. The van der Waals surface area contributed by atoms with Crippen LogP contribution in [0.2, 0.25) is 0 Å². The van der Waals surface area contributed by atoms with Crippen LogP contribution in [0, 0.1) is 6.92 Å². The molecule has 0 saturated carbocycles. The molecule has 0 radical (unpaired) electrons. The van der Waals surface area contributed by atoms with E-state index in [9.17, 15) is 0 Å². The molecule has 5 nitrogen and oxygen atoms in total. The molecule has 0 aliphatic carbocycles. The van der Waals surface area contributed by atoms with Gasteiger partial charge in [0.1, 0.15) is 19.0 Å². The Bertz CT molecular complexity index is 671. The molecule has 2 aromatic rings. The number of aryl methyl sites for hydroxylation is 1. The Hall–Kier alpha value is -2.56. The Balaban J connectivity index is 1.96. The normalized spacial score (nSPS) is 12.9. The minimum absolute atomic E-state index is 0.546. The second-order valence-electron chi connectivity index (χ2n) is 4.91. The standard InChI is InChI=1S/C16H18N2O3/c1-10-3-4-14(19-2)13(7-10)18-12-9-16-15(8-11(12)17)20-5-6-21-16/h3-4,7-9,18H,5-6,17H2,1-2H3. The van der Waals surface area contributed by atoms with Gasteiger partial charge in [0, 0.05) is 12.1 Å². The highest BCUT2D eigenvalue weighted by Gasteiger charge is 2.15. The van der Waals surface area contributed by atoms with Crippen molar-refractivity contribution in [3.05, 3.63) is 35.9 Å². The fraction of sp³-hybridized carbons (Fsp3) is 0.250. The van der Waals surface area contributed by atoms with Crippen LogP contribution in [-0.2, 0) is 0 Å². The molecule has 0 fully saturated rings. The quantitative estimate of drug-likeness (QED) is 0.849. The van der Waals surface area contributed by atoms with Gasteiger partial charge in [0.05, 0.1) is 24.2 Å². The molecule has 0 spiro atoms. The first-order chi connectivity index (χ1) is 10.2. The molecular formula is C16H18N2O3. The lowest BCUT2D eigenvalue weighted by molar-refractivity contribution is 0.172. The molecule has 2 aromatic carbocycles. The maximum Gasteiger partial charge on any atom is 0.163 e. The molecule has 0 amide bonds. The Morgan fingerprint density at radius 3 is 2.48 bits per heavy atom. The molecule has 3 N–H and O–H groups in total. The largest absolute Gasteiger partial charge is 0.495 e. The zero-order valence-corrected chi connectivity index (χ0v) is 12.1. The van der Waals surface area contributed by atoms with Gasteiger partial charge in [0.15, 0.2) is 11.5 Å². The number of fused-ring (bicyclic) bond motifs is 1. The minimum Gasteiger partial charge on any atom is -0.495 e. The maximum atomic E-state index is 6.08. The third kappa shape index (κ3) is 2.67. The molecule has 1 aliphatic heterocycles. The van der Waals surface area contributed by atoms with Crippen LogP contribution in [-0.4, -0.2) is 20.3 Å². The molecule has 5 heteroatoms. The average molecular weight is 286 g/mol. The predicted molar refractivity (Wildman–Crippen MR) is 82.9 cm³/mol. The highest BCUT2D eigenvalue weighted by atomic mass is 16.6. The Morgan fingerprint density at radius 1 is 1.05 bits per heavy atom. The highest BCUT2D eigenvalue weighted by Crippen LogP contribution is 2.39. The summed E-state index contributed by atoms with van der Waals surface area (Å²) in [5, 5.41) is 3.30. The van der Waals surface area contributed by atoms with Crippen molar-refractivity contribution in [2.45, 2.75) is 6.92 Å². The number of hydrogen-bond donors (Lipinski definition) is 2. The van der Waals surface area contributed by atoms with Crippen molar-refractivity contribution in [3.63, 3.8) is 0 Å². The summed E-state index contributed by atoms with van der Waals surface area (Å²) in [5.41, 5.74) is 9.45. The van der Waals surface area contributed by atoms with Crippen molar-refractivity contribution in [1.29, 1.82) is 0 Å². The van der Waals surface area contributed by atoms with Gasteiger partial charge in [-0.05, 0) is 24.6 Å². The zero-order valence-electron chi connectivity index (χ0n) is 12.1. The maximum absolute atomic E-state index is 6.08. The Kier molecular flexibility index (Phi) is 3.48. The van der Waals surface area contributed by atoms with Crippen molar-refractivity contribution in [1.82, 2.24) is 0 Å². The number of benzene rings is 2. The van der Waals surface area contributed by atoms with E-state index < -0.39 is 0 Å². The van der Waals surface area contributed by atoms with Crippen LogP contribution in [0.3, 0.4) is 0 Å². The van der Waals surface area contributed by atoms with Gasteiger partial charge < -0.3 is 25.3 Å². The molecule has 0 unspecified atom stereocenters. The predicted octanol–water partition coefficient (Wildman–Crippen LogP) is 3.10. The number of nitrogens with two attached hydrogens (primary N) is 1. The van der Waals surface area contributed by atoms with E-state index in [2.05, 4.69) is 5.32 Å². The first-order valence-electron chi connectivity index (χ1n) is 6.78. The van der Waals surface area contributed by atoms with E-state index in [1.807, 2.05) is 31.2 Å². The smallest absolute Gasteiger partial charge is 0.163 e. The molecule has 0 saturated heterocycles. The van der Waals surface area contributed by atoms with Crippen molar-refractivity contribution < 1.29 is 14.2 Å². The van der Waals surface area contributed by atoms with E-state index >= 15 is 0 Å². The van der Waals surface area contributed by atoms with Gasteiger partial charge in [-0.2, -0.15) is 0 Å². The third-order valence-corrected chi connectivity index (χ3v) is 3.34. The van der Waals surface area contributed by atoms with Gasteiger partial charge in [0.25, 0.3) is 0 Å². The summed E-state index contributed by atoms with van der Waals surface area (Å²) in [6.45, 7) is 3.12. The van der Waals surface area contributed by atoms with Crippen molar-refractivity contribution in [3.8, 4) is 17.2 Å². The van der Waals surface area contributed by atoms with Gasteiger partial charge in [-0.3, -0.25) is 0 Å².